The number of rotatable bonds is 7. The Hall–Kier alpha value is -1.31. The van der Waals surface area contributed by atoms with Crippen molar-refractivity contribution < 1.29 is 27.9 Å². The Morgan fingerprint density at radius 2 is 1.94 bits per heavy atom. The Morgan fingerprint density at radius 1 is 1.39 bits per heavy atom. The minimum atomic E-state index is -4.37. The van der Waals surface area contributed by atoms with Gasteiger partial charge in [0.2, 0.25) is 5.91 Å². The summed E-state index contributed by atoms with van der Waals surface area (Å²) in [5.74, 6) is -1.60. The number of halogens is 3. The van der Waals surface area contributed by atoms with Gasteiger partial charge in [0.05, 0.1) is 19.5 Å². The van der Waals surface area contributed by atoms with Crippen LogP contribution in [-0.2, 0) is 9.59 Å². The number of amides is 1. The Labute approximate surface area is 103 Å². The number of nitrogens with zero attached hydrogens (tertiary/aromatic N) is 1. The molecule has 0 heterocycles. The number of alkyl halides is 3. The van der Waals surface area contributed by atoms with Crippen LogP contribution in [0.15, 0.2) is 0 Å². The molecule has 18 heavy (non-hydrogen) atoms. The van der Waals surface area contributed by atoms with E-state index in [1.54, 1.807) is 13.8 Å². The first-order chi connectivity index (χ1) is 8.17. The van der Waals surface area contributed by atoms with Gasteiger partial charge in [0, 0.05) is 12.6 Å². The zero-order valence-electron chi connectivity index (χ0n) is 10.3. The smallest absolute Gasteiger partial charge is 0.401 e. The Morgan fingerprint density at radius 3 is 2.33 bits per heavy atom. The number of carbonyl (C=O) groups excluding carboxylic acids is 1. The largest absolute Gasteiger partial charge is 0.481 e. The number of likely N-dealkylation sites (N-methyl/N-ethyl adjacent to an activating group) is 1. The van der Waals surface area contributed by atoms with Crippen LogP contribution < -0.4 is 5.32 Å². The third-order valence-electron chi connectivity index (χ3n) is 2.26. The van der Waals surface area contributed by atoms with E-state index in [0.717, 1.165) is 0 Å². The second kappa shape index (κ2) is 7.20. The van der Waals surface area contributed by atoms with E-state index in [0.29, 0.717) is 0 Å². The Kier molecular flexibility index (Phi) is 6.67. The van der Waals surface area contributed by atoms with Crippen molar-refractivity contribution in [3.8, 4) is 0 Å². The number of hydrogen-bond acceptors (Lipinski definition) is 3. The van der Waals surface area contributed by atoms with E-state index in [2.05, 4.69) is 0 Å². The molecule has 0 aliphatic carbocycles. The molecule has 0 saturated heterocycles. The fourth-order valence-electron chi connectivity index (χ4n) is 1.51. The van der Waals surface area contributed by atoms with Crippen molar-refractivity contribution >= 4 is 11.9 Å². The van der Waals surface area contributed by atoms with Crippen LogP contribution in [0.1, 0.15) is 20.3 Å². The third kappa shape index (κ3) is 7.10. The summed E-state index contributed by atoms with van der Waals surface area (Å²) >= 11 is 0. The van der Waals surface area contributed by atoms with Crippen LogP contribution in [0.4, 0.5) is 13.2 Å². The molecular formula is C10H17F3N2O3. The maximum absolute atomic E-state index is 11.9. The zero-order chi connectivity index (χ0) is 14.3. The predicted octanol–water partition coefficient (Wildman–Crippen LogP) is 0.850. The normalized spacial score (nSPS) is 13.2. The van der Waals surface area contributed by atoms with E-state index in [1.807, 2.05) is 5.32 Å². The average molecular weight is 270 g/mol. The summed E-state index contributed by atoms with van der Waals surface area (Å²) in [7, 11) is 0. The number of carboxylic acids is 1. The molecule has 0 spiro atoms. The number of carboxylic acid groups (broad SMARTS) is 1. The minimum absolute atomic E-state index is 0.237. The molecule has 0 aromatic carbocycles. The van der Waals surface area contributed by atoms with Gasteiger partial charge < -0.3 is 15.3 Å². The minimum Gasteiger partial charge on any atom is -0.481 e. The summed E-state index contributed by atoms with van der Waals surface area (Å²) in [5.41, 5.74) is 0. The van der Waals surface area contributed by atoms with Gasteiger partial charge in [0.25, 0.3) is 0 Å². The summed E-state index contributed by atoms with van der Waals surface area (Å²) in [6, 6.07) is -0.548. The lowest BCUT2D eigenvalue weighted by molar-refractivity contribution is -0.140. The van der Waals surface area contributed by atoms with Crippen molar-refractivity contribution in [2.24, 2.45) is 0 Å². The molecule has 2 N–H and O–H groups in total. The summed E-state index contributed by atoms with van der Waals surface area (Å²) in [6.07, 6.45) is -4.61. The molecule has 8 heteroatoms. The number of hydrogen-bond donors (Lipinski definition) is 2. The first-order valence-corrected chi connectivity index (χ1v) is 5.46. The van der Waals surface area contributed by atoms with Gasteiger partial charge in [-0.1, -0.05) is 0 Å². The number of aliphatic carboxylic acids is 1. The van der Waals surface area contributed by atoms with Gasteiger partial charge >= 0.3 is 12.1 Å². The Balaban J connectivity index is 4.23. The van der Waals surface area contributed by atoms with Gasteiger partial charge in [-0.2, -0.15) is 13.2 Å². The summed E-state index contributed by atoms with van der Waals surface area (Å²) < 4.78 is 35.6. The molecule has 0 radical (unpaired) electrons. The molecule has 1 amide bonds. The van der Waals surface area contributed by atoms with Gasteiger partial charge in [-0.3, -0.25) is 9.59 Å². The van der Waals surface area contributed by atoms with Crippen LogP contribution in [0.5, 0.6) is 0 Å². The van der Waals surface area contributed by atoms with E-state index >= 15 is 0 Å². The van der Waals surface area contributed by atoms with Crippen molar-refractivity contribution in [2.45, 2.75) is 32.5 Å². The van der Waals surface area contributed by atoms with Crippen molar-refractivity contribution in [1.29, 1.82) is 0 Å². The highest BCUT2D eigenvalue weighted by molar-refractivity contribution is 5.79. The topological polar surface area (TPSA) is 69.6 Å². The standard InChI is InChI=1S/C10H17F3N2O3/c1-3-15(7(2)4-9(17)18)8(16)5-14-6-10(11,12)13/h7,14H,3-6H2,1-2H3,(H,17,18). The highest BCUT2D eigenvalue weighted by atomic mass is 19.4. The first-order valence-electron chi connectivity index (χ1n) is 5.46. The predicted molar refractivity (Wildman–Crippen MR) is 58.0 cm³/mol. The fraction of sp³-hybridized carbons (Fsp3) is 0.800. The van der Waals surface area contributed by atoms with E-state index in [-0.39, 0.29) is 13.0 Å². The molecule has 0 aromatic rings. The molecule has 106 valence electrons. The molecular weight excluding hydrogens is 253 g/mol. The molecule has 0 saturated carbocycles. The second-order valence-electron chi connectivity index (χ2n) is 3.85. The van der Waals surface area contributed by atoms with Gasteiger partial charge in [-0.25, -0.2) is 0 Å². The third-order valence-corrected chi connectivity index (χ3v) is 2.26. The lowest BCUT2D eigenvalue weighted by Gasteiger charge is -2.27. The molecule has 1 unspecified atom stereocenters. The van der Waals surface area contributed by atoms with Crippen LogP contribution in [0.3, 0.4) is 0 Å². The van der Waals surface area contributed by atoms with Gasteiger partial charge in [0.15, 0.2) is 0 Å². The lowest BCUT2D eigenvalue weighted by atomic mass is 10.2. The van der Waals surface area contributed by atoms with Gasteiger partial charge in [-0.05, 0) is 13.8 Å². The van der Waals surface area contributed by atoms with E-state index in [4.69, 9.17) is 5.11 Å². The van der Waals surface area contributed by atoms with Gasteiger partial charge in [-0.15, -0.1) is 0 Å². The summed E-state index contributed by atoms with van der Waals surface area (Å²) in [4.78, 5) is 23.3. The highest BCUT2D eigenvalue weighted by Gasteiger charge is 2.27. The molecule has 0 aliphatic rings. The second-order valence-corrected chi connectivity index (χ2v) is 3.85. The monoisotopic (exact) mass is 270 g/mol. The molecule has 0 aromatic heterocycles. The fourth-order valence-corrected chi connectivity index (χ4v) is 1.51. The van der Waals surface area contributed by atoms with Crippen molar-refractivity contribution in [2.75, 3.05) is 19.6 Å². The average Bonchev–Trinajstić information content (AvgIpc) is 2.15. The molecule has 1 atom stereocenters. The van der Waals surface area contributed by atoms with E-state index < -0.39 is 37.2 Å². The zero-order valence-corrected chi connectivity index (χ0v) is 10.3. The highest BCUT2D eigenvalue weighted by Crippen LogP contribution is 2.12. The first kappa shape index (κ1) is 16.7. The molecule has 0 bridgehead atoms. The SMILES string of the molecule is CCN(C(=O)CNCC(F)(F)F)C(C)CC(=O)O. The lowest BCUT2D eigenvalue weighted by Crippen LogP contribution is -2.45. The molecule has 0 fully saturated rings. The summed E-state index contributed by atoms with van der Waals surface area (Å²) in [6.45, 7) is 1.72. The van der Waals surface area contributed by atoms with Crippen molar-refractivity contribution in [3.05, 3.63) is 0 Å². The van der Waals surface area contributed by atoms with Crippen LogP contribution in [0.25, 0.3) is 0 Å². The van der Waals surface area contributed by atoms with Crippen LogP contribution in [0, 0.1) is 0 Å². The molecule has 5 nitrogen and oxygen atoms in total. The van der Waals surface area contributed by atoms with E-state index in [9.17, 15) is 22.8 Å². The quantitative estimate of drug-likeness (QED) is 0.719. The number of nitrogens with one attached hydrogen (secondary N) is 1. The van der Waals surface area contributed by atoms with E-state index in [1.165, 1.54) is 4.90 Å². The summed E-state index contributed by atoms with van der Waals surface area (Å²) in [5, 5.41) is 10.6. The van der Waals surface area contributed by atoms with Crippen molar-refractivity contribution in [3.63, 3.8) is 0 Å². The Bertz CT molecular complexity index is 295. The van der Waals surface area contributed by atoms with Gasteiger partial charge in [0.1, 0.15) is 0 Å². The van der Waals surface area contributed by atoms with Crippen LogP contribution >= 0.6 is 0 Å². The molecule has 0 aliphatic heterocycles. The number of carbonyl (C=O) groups is 2. The van der Waals surface area contributed by atoms with Crippen molar-refractivity contribution in [1.82, 2.24) is 10.2 Å². The van der Waals surface area contributed by atoms with Crippen LogP contribution in [-0.4, -0.2) is 53.7 Å². The maximum Gasteiger partial charge on any atom is 0.401 e. The maximum atomic E-state index is 11.9. The molecule has 0 rings (SSSR count). The van der Waals surface area contributed by atoms with Crippen LogP contribution in [0.2, 0.25) is 0 Å².